The molecule has 0 spiro atoms. The van der Waals surface area contributed by atoms with Crippen molar-refractivity contribution in [2.45, 2.75) is 6.54 Å². The van der Waals surface area contributed by atoms with Crippen LogP contribution in [-0.2, 0) is 6.54 Å². The lowest BCUT2D eigenvalue weighted by atomic mass is 10.2. The molecule has 14 heavy (non-hydrogen) atoms. The normalized spacial score (nSPS) is 11.0. The van der Waals surface area contributed by atoms with Gasteiger partial charge in [0, 0.05) is 19.0 Å². The molecule has 3 heteroatoms. The van der Waals surface area contributed by atoms with Crippen LogP contribution in [0.25, 0.3) is 0 Å². The van der Waals surface area contributed by atoms with Crippen molar-refractivity contribution in [2.24, 2.45) is 0 Å². The molecule has 0 saturated carbocycles. The van der Waals surface area contributed by atoms with E-state index in [1.54, 1.807) is 6.07 Å². The Morgan fingerprint density at radius 2 is 2.21 bits per heavy atom. The van der Waals surface area contributed by atoms with Gasteiger partial charge in [-0.15, -0.1) is 11.6 Å². The summed E-state index contributed by atoms with van der Waals surface area (Å²) < 4.78 is 12.7. The molecule has 0 bridgehead atoms. The average molecular weight is 214 g/mol. The van der Waals surface area contributed by atoms with Crippen molar-refractivity contribution in [3.8, 4) is 0 Å². The Hall–Kier alpha value is -0.860. The number of nitrogens with one attached hydrogen (secondary N) is 1. The highest BCUT2D eigenvalue weighted by atomic mass is 35.5. The van der Waals surface area contributed by atoms with Crippen LogP contribution in [0.4, 0.5) is 4.39 Å². The Balaban J connectivity index is 2.28. The van der Waals surface area contributed by atoms with E-state index in [2.05, 4.69) is 5.32 Å². The minimum Gasteiger partial charge on any atom is -0.309 e. The van der Waals surface area contributed by atoms with Crippen molar-refractivity contribution in [1.29, 1.82) is 0 Å². The number of allylic oxidation sites excluding steroid dienone is 1. The zero-order chi connectivity index (χ0) is 10.2. The van der Waals surface area contributed by atoms with E-state index in [4.69, 9.17) is 11.6 Å². The van der Waals surface area contributed by atoms with Crippen molar-refractivity contribution in [3.63, 3.8) is 0 Å². The standard InChI is InChI=1S/C11H13ClFN/c12-6-1-2-7-14-9-10-4-3-5-11(13)8-10/h1-5,8,14H,6-7,9H2/b2-1+. The highest BCUT2D eigenvalue weighted by Crippen LogP contribution is 2.02. The van der Waals surface area contributed by atoms with Crippen LogP contribution >= 0.6 is 11.6 Å². The fourth-order valence-electron chi connectivity index (χ4n) is 1.09. The fraction of sp³-hybridized carbons (Fsp3) is 0.273. The predicted octanol–water partition coefficient (Wildman–Crippen LogP) is 2.71. The van der Waals surface area contributed by atoms with Crippen molar-refractivity contribution in [3.05, 3.63) is 47.8 Å². The first-order valence-corrected chi connectivity index (χ1v) is 5.02. The summed E-state index contributed by atoms with van der Waals surface area (Å²) >= 11 is 5.45. The van der Waals surface area contributed by atoms with E-state index in [0.717, 1.165) is 12.1 Å². The second-order valence-electron chi connectivity index (χ2n) is 2.89. The summed E-state index contributed by atoms with van der Waals surface area (Å²) in [4.78, 5) is 0. The Bertz CT molecular complexity index is 299. The molecule has 1 N–H and O–H groups in total. The maximum atomic E-state index is 12.7. The third-order valence-corrected chi connectivity index (χ3v) is 1.91. The van der Waals surface area contributed by atoms with Gasteiger partial charge in [0.2, 0.25) is 0 Å². The molecule has 1 aromatic rings. The maximum Gasteiger partial charge on any atom is 0.123 e. The van der Waals surface area contributed by atoms with E-state index in [0.29, 0.717) is 12.4 Å². The number of benzene rings is 1. The van der Waals surface area contributed by atoms with Crippen molar-refractivity contribution < 1.29 is 4.39 Å². The highest BCUT2D eigenvalue weighted by Gasteiger charge is 1.92. The summed E-state index contributed by atoms with van der Waals surface area (Å²) in [6, 6.07) is 6.57. The van der Waals surface area contributed by atoms with Gasteiger partial charge in [-0.1, -0.05) is 24.3 Å². The largest absolute Gasteiger partial charge is 0.309 e. The van der Waals surface area contributed by atoms with Gasteiger partial charge in [-0.3, -0.25) is 0 Å². The number of alkyl halides is 1. The quantitative estimate of drug-likeness (QED) is 0.451. The molecule has 1 rings (SSSR count). The van der Waals surface area contributed by atoms with E-state index in [1.807, 2.05) is 18.2 Å². The summed E-state index contributed by atoms with van der Waals surface area (Å²) in [5.74, 6) is 0.336. The minimum atomic E-state index is -0.194. The molecule has 0 unspecified atom stereocenters. The Kier molecular flexibility index (Phi) is 5.27. The molecule has 1 aromatic carbocycles. The zero-order valence-electron chi connectivity index (χ0n) is 7.84. The number of rotatable bonds is 5. The van der Waals surface area contributed by atoms with Gasteiger partial charge in [-0.2, -0.15) is 0 Å². The summed E-state index contributed by atoms with van der Waals surface area (Å²) in [5.41, 5.74) is 0.948. The molecule has 0 radical (unpaired) electrons. The SMILES string of the molecule is Fc1cccc(CNC/C=C/CCl)c1. The molecule has 1 nitrogen and oxygen atoms in total. The molecule has 0 saturated heterocycles. The van der Waals surface area contributed by atoms with Gasteiger partial charge in [-0.25, -0.2) is 4.39 Å². The van der Waals surface area contributed by atoms with Gasteiger partial charge < -0.3 is 5.32 Å². The molecular formula is C11H13ClFN. The highest BCUT2D eigenvalue weighted by molar-refractivity contribution is 6.18. The second-order valence-corrected chi connectivity index (χ2v) is 3.20. The maximum absolute atomic E-state index is 12.7. The van der Waals surface area contributed by atoms with E-state index in [9.17, 15) is 4.39 Å². The first-order chi connectivity index (χ1) is 6.83. The molecule has 0 aromatic heterocycles. The van der Waals surface area contributed by atoms with Crippen molar-refractivity contribution in [2.75, 3.05) is 12.4 Å². The van der Waals surface area contributed by atoms with E-state index in [1.165, 1.54) is 12.1 Å². The van der Waals surface area contributed by atoms with Crippen LogP contribution in [0.1, 0.15) is 5.56 Å². The average Bonchev–Trinajstić information content (AvgIpc) is 2.18. The van der Waals surface area contributed by atoms with E-state index >= 15 is 0 Å². The Morgan fingerprint density at radius 1 is 1.36 bits per heavy atom. The van der Waals surface area contributed by atoms with Gasteiger partial charge in [-0.05, 0) is 17.7 Å². The lowest BCUT2D eigenvalue weighted by molar-refractivity contribution is 0.623. The lowest BCUT2D eigenvalue weighted by Gasteiger charge is -2.01. The molecule has 0 fully saturated rings. The first kappa shape index (κ1) is 11.2. The Morgan fingerprint density at radius 3 is 2.93 bits per heavy atom. The number of hydrogen-bond donors (Lipinski definition) is 1. The molecule has 0 atom stereocenters. The summed E-state index contributed by atoms with van der Waals surface area (Å²) in [6.07, 6.45) is 3.83. The molecule has 0 aliphatic heterocycles. The summed E-state index contributed by atoms with van der Waals surface area (Å²) in [5, 5.41) is 3.15. The zero-order valence-corrected chi connectivity index (χ0v) is 8.60. The van der Waals surface area contributed by atoms with E-state index < -0.39 is 0 Å². The minimum absolute atomic E-state index is 0.194. The second kappa shape index (κ2) is 6.57. The van der Waals surface area contributed by atoms with Gasteiger partial charge in [0.1, 0.15) is 5.82 Å². The van der Waals surface area contributed by atoms with Crippen LogP contribution in [0.5, 0.6) is 0 Å². The van der Waals surface area contributed by atoms with Gasteiger partial charge in [0.15, 0.2) is 0 Å². The number of halogens is 2. The molecule has 0 aliphatic rings. The van der Waals surface area contributed by atoms with Gasteiger partial charge >= 0.3 is 0 Å². The van der Waals surface area contributed by atoms with Gasteiger partial charge in [0.05, 0.1) is 0 Å². The van der Waals surface area contributed by atoms with Crippen LogP contribution in [0.2, 0.25) is 0 Å². The van der Waals surface area contributed by atoms with Crippen LogP contribution in [0.15, 0.2) is 36.4 Å². The molecular weight excluding hydrogens is 201 g/mol. The van der Waals surface area contributed by atoms with Crippen LogP contribution in [0.3, 0.4) is 0 Å². The topological polar surface area (TPSA) is 12.0 Å². The predicted molar refractivity (Wildman–Crippen MR) is 58.0 cm³/mol. The molecule has 76 valence electrons. The molecule has 0 heterocycles. The molecule has 0 aliphatic carbocycles. The van der Waals surface area contributed by atoms with Gasteiger partial charge in [0.25, 0.3) is 0 Å². The molecule has 0 amide bonds. The third-order valence-electron chi connectivity index (χ3n) is 1.74. The monoisotopic (exact) mass is 213 g/mol. The summed E-state index contributed by atoms with van der Waals surface area (Å²) in [6.45, 7) is 1.42. The smallest absolute Gasteiger partial charge is 0.123 e. The fourth-order valence-corrected chi connectivity index (χ4v) is 1.22. The lowest BCUT2D eigenvalue weighted by Crippen LogP contribution is -2.12. The van der Waals surface area contributed by atoms with Crippen LogP contribution in [-0.4, -0.2) is 12.4 Å². The number of hydrogen-bond acceptors (Lipinski definition) is 1. The van der Waals surface area contributed by atoms with Crippen molar-refractivity contribution in [1.82, 2.24) is 5.32 Å². The first-order valence-electron chi connectivity index (χ1n) is 4.49. The van der Waals surface area contributed by atoms with Crippen LogP contribution in [0, 0.1) is 5.82 Å². The van der Waals surface area contributed by atoms with Crippen LogP contribution < -0.4 is 5.32 Å². The third kappa shape index (κ3) is 4.40. The summed E-state index contributed by atoms with van der Waals surface area (Å²) in [7, 11) is 0. The van der Waals surface area contributed by atoms with E-state index in [-0.39, 0.29) is 5.82 Å². The van der Waals surface area contributed by atoms with Crippen molar-refractivity contribution >= 4 is 11.6 Å². The Labute approximate surface area is 88.6 Å².